The van der Waals surface area contributed by atoms with Gasteiger partial charge in [0.15, 0.2) is 0 Å². The Morgan fingerprint density at radius 2 is 2.32 bits per heavy atom. The van der Waals surface area contributed by atoms with Crippen molar-refractivity contribution in [3.05, 3.63) is 30.1 Å². The van der Waals surface area contributed by atoms with Gasteiger partial charge in [0, 0.05) is 38.6 Å². The lowest BCUT2D eigenvalue weighted by Crippen LogP contribution is -2.47. The second kappa shape index (κ2) is 7.33. The number of aromatic nitrogens is 1. The van der Waals surface area contributed by atoms with Crippen molar-refractivity contribution < 1.29 is 9.59 Å². The Morgan fingerprint density at radius 1 is 1.55 bits per heavy atom. The molecule has 120 valence electrons. The van der Waals surface area contributed by atoms with Gasteiger partial charge in [0.05, 0.1) is 6.54 Å². The Hall–Kier alpha value is -1.99. The van der Waals surface area contributed by atoms with E-state index in [4.69, 9.17) is 5.73 Å². The van der Waals surface area contributed by atoms with Crippen molar-refractivity contribution in [3.63, 3.8) is 0 Å². The SMILES string of the molecule is CNC(=O)[C@@H]1C[C@H](N)CN1C(=O)CN(C)Cc1cccnc1. The Morgan fingerprint density at radius 3 is 2.95 bits per heavy atom. The number of carbonyl (C=O) groups excluding carboxylic acids is 2. The first-order valence-electron chi connectivity index (χ1n) is 7.35. The third kappa shape index (κ3) is 4.02. The van der Waals surface area contributed by atoms with E-state index >= 15 is 0 Å². The minimum Gasteiger partial charge on any atom is -0.357 e. The standard InChI is InChI=1S/C15H23N5O2/c1-17-15(22)13-6-12(16)9-20(13)14(21)10-19(2)8-11-4-3-5-18-7-11/h3-5,7,12-13H,6,8-10,16H2,1-2H3,(H,17,22)/t12-,13-/m0/s1. The molecule has 0 aromatic carbocycles. The molecule has 0 bridgehead atoms. The lowest BCUT2D eigenvalue weighted by Gasteiger charge is -2.26. The zero-order valence-electron chi connectivity index (χ0n) is 13.0. The molecule has 1 saturated heterocycles. The van der Waals surface area contributed by atoms with Gasteiger partial charge in [-0.25, -0.2) is 0 Å². The highest BCUT2D eigenvalue weighted by Crippen LogP contribution is 2.17. The monoisotopic (exact) mass is 305 g/mol. The highest BCUT2D eigenvalue weighted by atomic mass is 16.2. The summed E-state index contributed by atoms with van der Waals surface area (Å²) >= 11 is 0. The molecule has 1 aliphatic rings. The number of nitrogens with zero attached hydrogens (tertiary/aromatic N) is 3. The molecule has 0 radical (unpaired) electrons. The first kappa shape index (κ1) is 16.4. The van der Waals surface area contributed by atoms with Crippen LogP contribution in [0.4, 0.5) is 0 Å². The number of carbonyl (C=O) groups is 2. The maximum Gasteiger partial charge on any atom is 0.242 e. The molecule has 22 heavy (non-hydrogen) atoms. The van der Waals surface area contributed by atoms with E-state index in [1.165, 1.54) is 0 Å². The first-order chi connectivity index (χ1) is 10.5. The molecule has 2 atom stereocenters. The Kier molecular flexibility index (Phi) is 5.46. The van der Waals surface area contributed by atoms with Crippen LogP contribution in [-0.2, 0) is 16.1 Å². The molecule has 7 nitrogen and oxygen atoms in total. The molecule has 2 heterocycles. The van der Waals surface area contributed by atoms with Crippen molar-refractivity contribution in [2.75, 3.05) is 27.2 Å². The van der Waals surface area contributed by atoms with Crippen molar-refractivity contribution in [2.24, 2.45) is 5.73 Å². The van der Waals surface area contributed by atoms with Gasteiger partial charge in [0.25, 0.3) is 0 Å². The molecule has 0 saturated carbocycles. The lowest BCUT2D eigenvalue weighted by molar-refractivity contribution is -0.139. The van der Waals surface area contributed by atoms with Gasteiger partial charge in [-0.2, -0.15) is 0 Å². The van der Waals surface area contributed by atoms with Crippen molar-refractivity contribution >= 4 is 11.8 Å². The van der Waals surface area contributed by atoms with E-state index in [1.807, 2.05) is 24.1 Å². The maximum absolute atomic E-state index is 12.5. The quantitative estimate of drug-likeness (QED) is 0.742. The normalized spacial score (nSPS) is 21.2. The second-order valence-corrected chi connectivity index (χ2v) is 5.71. The fourth-order valence-electron chi connectivity index (χ4n) is 2.74. The number of nitrogens with one attached hydrogen (secondary N) is 1. The molecular weight excluding hydrogens is 282 g/mol. The van der Waals surface area contributed by atoms with Gasteiger partial charge in [-0.1, -0.05) is 6.07 Å². The van der Waals surface area contributed by atoms with Gasteiger partial charge >= 0.3 is 0 Å². The average Bonchev–Trinajstić information content (AvgIpc) is 2.89. The number of likely N-dealkylation sites (N-methyl/N-ethyl adjacent to an activating group) is 2. The molecule has 2 rings (SSSR count). The number of pyridine rings is 1. The summed E-state index contributed by atoms with van der Waals surface area (Å²) in [6.07, 6.45) is 4.01. The zero-order valence-corrected chi connectivity index (χ0v) is 13.0. The smallest absolute Gasteiger partial charge is 0.242 e. The van der Waals surface area contributed by atoms with Gasteiger partial charge < -0.3 is 16.0 Å². The third-order valence-electron chi connectivity index (χ3n) is 3.78. The largest absolute Gasteiger partial charge is 0.357 e. The van der Waals surface area contributed by atoms with Gasteiger partial charge in [-0.3, -0.25) is 19.5 Å². The molecule has 1 aliphatic heterocycles. The van der Waals surface area contributed by atoms with Crippen molar-refractivity contribution in [3.8, 4) is 0 Å². The van der Waals surface area contributed by atoms with Crippen molar-refractivity contribution in [1.29, 1.82) is 0 Å². The van der Waals surface area contributed by atoms with E-state index < -0.39 is 6.04 Å². The molecule has 0 aliphatic carbocycles. The van der Waals surface area contributed by atoms with Crippen LogP contribution in [0.2, 0.25) is 0 Å². The fraction of sp³-hybridized carbons (Fsp3) is 0.533. The van der Waals surface area contributed by atoms with Crippen LogP contribution in [0.3, 0.4) is 0 Å². The van der Waals surface area contributed by atoms with Crippen LogP contribution in [0.1, 0.15) is 12.0 Å². The number of hydrogen-bond donors (Lipinski definition) is 2. The Balaban J connectivity index is 1.94. The topological polar surface area (TPSA) is 91.6 Å². The molecule has 1 aromatic heterocycles. The number of likely N-dealkylation sites (tertiary alicyclic amines) is 1. The van der Waals surface area contributed by atoms with E-state index in [0.717, 1.165) is 5.56 Å². The summed E-state index contributed by atoms with van der Waals surface area (Å²) in [6, 6.07) is 3.23. The first-order valence-corrected chi connectivity index (χ1v) is 7.35. The Labute approximate surface area is 130 Å². The van der Waals surface area contributed by atoms with Crippen LogP contribution in [0.5, 0.6) is 0 Å². The molecule has 1 fully saturated rings. The summed E-state index contributed by atoms with van der Waals surface area (Å²) < 4.78 is 0. The van der Waals surface area contributed by atoms with E-state index in [-0.39, 0.29) is 24.4 Å². The van der Waals surface area contributed by atoms with Gasteiger partial charge in [0.2, 0.25) is 11.8 Å². The third-order valence-corrected chi connectivity index (χ3v) is 3.78. The molecule has 3 N–H and O–H groups in total. The van der Waals surface area contributed by atoms with Crippen LogP contribution in [0.25, 0.3) is 0 Å². The van der Waals surface area contributed by atoms with E-state index in [2.05, 4.69) is 10.3 Å². The molecule has 1 aromatic rings. The average molecular weight is 305 g/mol. The fourth-order valence-corrected chi connectivity index (χ4v) is 2.74. The van der Waals surface area contributed by atoms with Crippen molar-refractivity contribution in [2.45, 2.75) is 25.0 Å². The van der Waals surface area contributed by atoms with Crippen LogP contribution >= 0.6 is 0 Å². The number of rotatable bonds is 5. The minimum atomic E-state index is -0.459. The second-order valence-electron chi connectivity index (χ2n) is 5.71. The number of hydrogen-bond acceptors (Lipinski definition) is 5. The Bertz CT molecular complexity index is 522. The van der Waals surface area contributed by atoms with Gasteiger partial charge in [0.1, 0.15) is 6.04 Å². The summed E-state index contributed by atoms with van der Waals surface area (Å²) in [7, 11) is 3.44. The molecule has 0 spiro atoms. The van der Waals surface area contributed by atoms with Crippen LogP contribution in [0, 0.1) is 0 Å². The van der Waals surface area contributed by atoms with E-state index in [1.54, 1.807) is 24.3 Å². The number of amides is 2. The predicted octanol–water partition coefficient (Wildman–Crippen LogP) is -0.812. The predicted molar refractivity (Wildman–Crippen MR) is 82.7 cm³/mol. The zero-order chi connectivity index (χ0) is 16.1. The maximum atomic E-state index is 12.5. The summed E-state index contributed by atoms with van der Waals surface area (Å²) in [5.74, 6) is -0.232. The molecule has 7 heteroatoms. The molecule has 0 unspecified atom stereocenters. The lowest BCUT2D eigenvalue weighted by atomic mass is 10.1. The van der Waals surface area contributed by atoms with Gasteiger partial charge in [-0.05, 0) is 25.1 Å². The summed E-state index contributed by atoms with van der Waals surface area (Å²) in [4.78, 5) is 31.9. The van der Waals surface area contributed by atoms with Gasteiger partial charge in [-0.15, -0.1) is 0 Å². The van der Waals surface area contributed by atoms with Crippen LogP contribution in [0.15, 0.2) is 24.5 Å². The molecule has 2 amide bonds. The van der Waals surface area contributed by atoms with Crippen LogP contribution < -0.4 is 11.1 Å². The van der Waals surface area contributed by atoms with E-state index in [9.17, 15) is 9.59 Å². The van der Waals surface area contributed by atoms with E-state index in [0.29, 0.717) is 19.5 Å². The summed E-state index contributed by atoms with van der Waals surface area (Å²) in [5, 5.41) is 2.60. The summed E-state index contributed by atoms with van der Waals surface area (Å²) in [6.45, 7) is 1.30. The highest BCUT2D eigenvalue weighted by Gasteiger charge is 2.37. The number of nitrogens with two attached hydrogens (primary N) is 1. The molecular formula is C15H23N5O2. The van der Waals surface area contributed by atoms with Crippen LogP contribution in [-0.4, -0.2) is 65.9 Å². The minimum absolute atomic E-state index is 0.0760. The summed E-state index contributed by atoms with van der Waals surface area (Å²) in [5.41, 5.74) is 6.94. The van der Waals surface area contributed by atoms with Crippen molar-refractivity contribution in [1.82, 2.24) is 20.1 Å². The highest BCUT2D eigenvalue weighted by molar-refractivity contribution is 5.89.